The van der Waals surface area contributed by atoms with E-state index in [9.17, 15) is 9.59 Å². The molecule has 1 heterocycles. The van der Waals surface area contributed by atoms with Gasteiger partial charge >= 0.3 is 20.0 Å². The van der Waals surface area contributed by atoms with Gasteiger partial charge in [-0.1, -0.05) is 41.9 Å². The van der Waals surface area contributed by atoms with E-state index in [2.05, 4.69) is 9.76 Å². The van der Waals surface area contributed by atoms with Gasteiger partial charge in [-0.25, -0.2) is 9.80 Å². The molecule has 21 heavy (non-hydrogen) atoms. The Morgan fingerprint density at radius 2 is 2.19 bits per heavy atom. The van der Waals surface area contributed by atoms with E-state index in [1.54, 1.807) is 13.1 Å². The highest BCUT2D eigenvalue weighted by atomic mass is 35.5. The molecule has 8 heteroatoms. The van der Waals surface area contributed by atoms with Crippen molar-refractivity contribution in [3.05, 3.63) is 35.9 Å². The van der Waals surface area contributed by atoms with Crippen LogP contribution >= 0.6 is 11.6 Å². The molecule has 1 aliphatic heterocycles. The molecule has 2 radical (unpaired) electrons. The second kappa shape index (κ2) is 6.63. The second-order valence-electron chi connectivity index (χ2n) is 4.55. The molecule has 0 spiro atoms. The van der Waals surface area contributed by atoms with Crippen molar-refractivity contribution in [2.24, 2.45) is 5.10 Å². The van der Waals surface area contributed by atoms with Crippen LogP contribution in [-0.4, -0.2) is 54.3 Å². The summed E-state index contributed by atoms with van der Waals surface area (Å²) >= 11 is 5.88. The minimum atomic E-state index is -1.27. The largest absolute Gasteiger partial charge is 0.541 e. The van der Waals surface area contributed by atoms with E-state index in [1.807, 2.05) is 30.3 Å². The molecule has 1 fully saturated rings. The zero-order chi connectivity index (χ0) is 15.4. The number of carbonyl (C=O) groups is 2. The maximum atomic E-state index is 12.2. The van der Waals surface area contributed by atoms with Gasteiger partial charge in [0.05, 0.1) is 18.8 Å². The van der Waals surface area contributed by atoms with Gasteiger partial charge < -0.3 is 4.65 Å². The topological polar surface area (TPSA) is 62.2 Å². The summed E-state index contributed by atoms with van der Waals surface area (Å²) in [7, 11) is 4.79. The van der Waals surface area contributed by atoms with Crippen molar-refractivity contribution in [1.82, 2.24) is 9.91 Å². The third kappa shape index (κ3) is 3.36. The standard InChI is InChI=1S/C13H13BClN3O3/c1-9-8-17(16-7-10-5-3-2-4-6-10)13(20)18(9)11(15)12(19)21-14/h2-7,9,11H,8H2,1H3/b16-7+/t9-,11?/m0/s1. The van der Waals surface area contributed by atoms with Gasteiger partial charge in [0.25, 0.3) is 0 Å². The number of halogens is 1. The summed E-state index contributed by atoms with van der Waals surface area (Å²) in [5.74, 6) is -0.884. The highest BCUT2D eigenvalue weighted by molar-refractivity contribution is 6.31. The van der Waals surface area contributed by atoms with E-state index < -0.39 is 17.5 Å². The molecule has 2 atom stereocenters. The Kier molecular flexibility index (Phi) is 4.85. The molecule has 0 N–H and O–H groups in total. The Morgan fingerprint density at radius 3 is 2.81 bits per heavy atom. The summed E-state index contributed by atoms with van der Waals surface area (Å²) in [6.45, 7) is 2.08. The fraction of sp³-hybridized carbons (Fsp3) is 0.308. The third-order valence-electron chi connectivity index (χ3n) is 3.05. The van der Waals surface area contributed by atoms with Gasteiger partial charge in [-0.3, -0.25) is 9.69 Å². The number of nitrogens with zero attached hydrogens (tertiary/aromatic N) is 3. The molecule has 2 rings (SSSR count). The Labute approximate surface area is 128 Å². The molecule has 0 bridgehead atoms. The fourth-order valence-corrected chi connectivity index (χ4v) is 2.33. The van der Waals surface area contributed by atoms with Crippen molar-refractivity contribution in [1.29, 1.82) is 0 Å². The van der Waals surface area contributed by atoms with Gasteiger partial charge in [0, 0.05) is 0 Å². The van der Waals surface area contributed by atoms with Gasteiger partial charge in [0.2, 0.25) is 5.50 Å². The average Bonchev–Trinajstić information content (AvgIpc) is 2.79. The Morgan fingerprint density at radius 1 is 1.52 bits per heavy atom. The molecule has 0 saturated carbocycles. The number of hydrogen-bond donors (Lipinski definition) is 0. The van der Waals surface area contributed by atoms with E-state index in [4.69, 9.17) is 19.7 Å². The molecule has 1 saturated heterocycles. The molecule has 108 valence electrons. The quantitative estimate of drug-likeness (QED) is 0.365. The normalized spacial score (nSPS) is 20.1. The molecular weight excluding hydrogens is 292 g/mol. The summed E-state index contributed by atoms with van der Waals surface area (Å²) in [6, 6.07) is 8.59. The zero-order valence-corrected chi connectivity index (χ0v) is 12.1. The lowest BCUT2D eigenvalue weighted by Crippen LogP contribution is -2.43. The lowest BCUT2D eigenvalue weighted by atomic mass is 10.2. The van der Waals surface area contributed by atoms with E-state index in [0.29, 0.717) is 6.54 Å². The molecular formula is C13H13BClN3O3. The molecule has 1 aromatic carbocycles. The Bertz CT molecular complexity index is 555. The van der Waals surface area contributed by atoms with Crippen molar-refractivity contribution in [3.8, 4) is 0 Å². The van der Waals surface area contributed by atoms with Crippen LogP contribution in [0.2, 0.25) is 0 Å². The van der Waals surface area contributed by atoms with E-state index in [0.717, 1.165) is 5.56 Å². The summed E-state index contributed by atoms with van der Waals surface area (Å²) in [6.07, 6.45) is 1.57. The van der Waals surface area contributed by atoms with Crippen LogP contribution in [0, 0.1) is 0 Å². The summed E-state index contributed by atoms with van der Waals surface area (Å²) in [5.41, 5.74) is -0.408. The molecule has 1 unspecified atom stereocenters. The first kappa shape index (κ1) is 15.4. The highest BCUT2D eigenvalue weighted by Crippen LogP contribution is 2.22. The minimum Gasteiger partial charge on any atom is -0.541 e. The van der Waals surface area contributed by atoms with Crippen LogP contribution in [0.25, 0.3) is 0 Å². The SMILES string of the molecule is [B]OC(=O)C(Cl)N1C(=O)N(/N=C/c2ccccc2)C[C@@H]1C. The van der Waals surface area contributed by atoms with Crippen molar-refractivity contribution in [3.63, 3.8) is 0 Å². The number of amides is 2. The van der Waals surface area contributed by atoms with Gasteiger partial charge in [-0.05, 0) is 12.5 Å². The maximum Gasteiger partial charge on any atom is 0.378 e. The number of alkyl halides is 1. The molecule has 0 aliphatic carbocycles. The van der Waals surface area contributed by atoms with Crippen molar-refractivity contribution in [2.45, 2.75) is 18.5 Å². The zero-order valence-electron chi connectivity index (χ0n) is 11.3. The lowest BCUT2D eigenvalue weighted by Gasteiger charge is -2.23. The highest BCUT2D eigenvalue weighted by Gasteiger charge is 2.41. The average molecular weight is 306 g/mol. The molecule has 6 nitrogen and oxygen atoms in total. The number of carbonyl (C=O) groups excluding carboxylic acids is 2. The molecule has 0 aromatic heterocycles. The van der Waals surface area contributed by atoms with Gasteiger partial charge in [0.1, 0.15) is 0 Å². The first-order valence-electron chi connectivity index (χ1n) is 6.28. The minimum absolute atomic E-state index is 0.285. The van der Waals surface area contributed by atoms with E-state index >= 15 is 0 Å². The predicted octanol–water partition coefficient (Wildman–Crippen LogP) is 1.34. The third-order valence-corrected chi connectivity index (χ3v) is 3.44. The summed E-state index contributed by atoms with van der Waals surface area (Å²) in [4.78, 5) is 24.7. The Hall–Kier alpha value is -2.02. The van der Waals surface area contributed by atoms with Crippen LogP contribution in [0.15, 0.2) is 35.4 Å². The first-order chi connectivity index (χ1) is 10.0. The van der Waals surface area contributed by atoms with Crippen LogP contribution in [0.4, 0.5) is 4.79 Å². The number of benzene rings is 1. The Balaban J connectivity index is 2.09. The van der Waals surface area contributed by atoms with Crippen LogP contribution in [-0.2, 0) is 9.45 Å². The number of hydrazone groups is 1. The number of hydrogen-bond acceptors (Lipinski definition) is 4. The molecule has 2 amide bonds. The van der Waals surface area contributed by atoms with Crippen molar-refractivity contribution >= 4 is 37.9 Å². The van der Waals surface area contributed by atoms with E-state index in [1.165, 1.54) is 9.91 Å². The van der Waals surface area contributed by atoms with Crippen LogP contribution in [0.3, 0.4) is 0 Å². The number of rotatable bonds is 4. The maximum absolute atomic E-state index is 12.2. The summed E-state index contributed by atoms with van der Waals surface area (Å²) in [5, 5.41) is 5.36. The van der Waals surface area contributed by atoms with Crippen LogP contribution in [0.1, 0.15) is 12.5 Å². The van der Waals surface area contributed by atoms with Gasteiger partial charge in [-0.2, -0.15) is 5.10 Å². The molecule has 1 aromatic rings. The van der Waals surface area contributed by atoms with Crippen LogP contribution < -0.4 is 0 Å². The van der Waals surface area contributed by atoms with Gasteiger partial charge in [-0.15, -0.1) is 0 Å². The lowest BCUT2D eigenvalue weighted by molar-refractivity contribution is -0.136. The van der Waals surface area contributed by atoms with E-state index in [-0.39, 0.29) is 6.04 Å². The smallest absolute Gasteiger partial charge is 0.378 e. The first-order valence-corrected chi connectivity index (χ1v) is 6.71. The van der Waals surface area contributed by atoms with Crippen LogP contribution in [0.5, 0.6) is 0 Å². The van der Waals surface area contributed by atoms with Gasteiger partial charge in [0.15, 0.2) is 0 Å². The summed E-state index contributed by atoms with van der Waals surface area (Å²) < 4.78 is 4.06. The second-order valence-corrected chi connectivity index (χ2v) is 4.96. The van der Waals surface area contributed by atoms with Crippen molar-refractivity contribution < 1.29 is 14.2 Å². The van der Waals surface area contributed by atoms with Crippen molar-refractivity contribution in [2.75, 3.05) is 6.54 Å². The fourth-order valence-electron chi connectivity index (χ4n) is 2.00. The monoisotopic (exact) mass is 305 g/mol. The molecule has 1 aliphatic rings. The predicted molar refractivity (Wildman–Crippen MR) is 78.9 cm³/mol. The number of urea groups is 1.